The smallest absolute Gasteiger partial charge is 0.229 e. The Bertz CT molecular complexity index is 809. The Morgan fingerprint density at radius 1 is 1.29 bits per heavy atom. The van der Waals surface area contributed by atoms with Crippen molar-refractivity contribution in [2.75, 3.05) is 16.8 Å². The van der Waals surface area contributed by atoms with E-state index in [1.54, 1.807) is 23.1 Å². The number of anilines is 2. The van der Waals surface area contributed by atoms with Crippen molar-refractivity contribution in [1.29, 1.82) is 0 Å². The highest BCUT2D eigenvalue weighted by atomic mass is 79.9. The molecule has 1 unspecified atom stereocenters. The second-order valence-corrected chi connectivity index (χ2v) is 7.10. The first-order valence-electron chi connectivity index (χ1n) is 7.57. The molecule has 124 valence electrons. The van der Waals surface area contributed by atoms with Gasteiger partial charge in [-0.15, -0.1) is 0 Å². The Labute approximate surface area is 153 Å². The van der Waals surface area contributed by atoms with E-state index in [0.29, 0.717) is 11.6 Å². The first kappa shape index (κ1) is 17.0. The van der Waals surface area contributed by atoms with Crippen LogP contribution in [0.2, 0.25) is 5.02 Å². The molecule has 0 spiro atoms. The average molecular weight is 408 g/mol. The molecule has 2 amide bonds. The normalized spacial score (nSPS) is 17.2. The third-order valence-electron chi connectivity index (χ3n) is 4.09. The minimum atomic E-state index is -0.375. The van der Waals surface area contributed by atoms with Gasteiger partial charge in [0.05, 0.1) is 11.6 Å². The molecule has 3 rings (SSSR count). The number of carbonyl (C=O) groups is 2. The molecule has 1 saturated heterocycles. The van der Waals surface area contributed by atoms with Crippen LogP contribution in [0.15, 0.2) is 46.9 Å². The summed E-state index contributed by atoms with van der Waals surface area (Å²) >= 11 is 9.39. The van der Waals surface area contributed by atoms with Crippen molar-refractivity contribution in [1.82, 2.24) is 0 Å². The topological polar surface area (TPSA) is 49.4 Å². The number of hydrogen-bond donors (Lipinski definition) is 1. The van der Waals surface area contributed by atoms with Gasteiger partial charge in [-0.25, -0.2) is 0 Å². The number of benzene rings is 2. The van der Waals surface area contributed by atoms with Crippen LogP contribution in [0.4, 0.5) is 11.4 Å². The van der Waals surface area contributed by atoms with Gasteiger partial charge in [0, 0.05) is 28.1 Å². The lowest BCUT2D eigenvalue weighted by molar-refractivity contribution is -0.122. The van der Waals surface area contributed by atoms with Crippen LogP contribution < -0.4 is 10.2 Å². The summed E-state index contributed by atoms with van der Waals surface area (Å²) in [5.74, 6) is -0.571. The van der Waals surface area contributed by atoms with Gasteiger partial charge < -0.3 is 10.2 Å². The molecule has 1 aliphatic heterocycles. The zero-order chi connectivity index (χ0) is 17.3. The highest BCUT2D eigenvalue weighted by Gasteiger charge is 2.35. The summed E-state index contributed by atoms with van der Waals surface area (Å²) < 4.78 is 0.841. The monoisotopic (exact) mass is 406 g/mol. The molecule has 1 N–H and O–H groups in total. The molecule has 1 fully saturated rings. The lowest BCUT2D eigenvalue weighted by atomic mass is 10.1. The van der Waals surface area contributed by atoms with E-state index in [0.717, 1.165) is 21.4 Å². The number of rotatable bonds is 3. The molecular formula is C18H16BrClN2O2. The number of nitrogens with zero attached hydrogens (tertiary/aromatic N) is 1. The molecule has 0 aliphatic carbocycles. The van der Waals surface area contributed by atoms with Gasteiger partial charge >= 0.3 is 0 Å². The van der Waals surface area contributed by atoms with E-state index in [2.05, 4.69) is 21.2 Å². The zero-order valence-electron chi connectivity index (χ0n) is 13.1. The molecule has 4 nitrogen and oxygen atoms in total. The maximum absolute atomic E-state index is 12.5. The summed E-state index contributed by atoms with van der Waals surface area (Å²) in [5, 5.41) is 3.52. The maximum atomic E-state index is 12.5. The molecule has 0 bridgehead atoms. The lowest BCUT2D eigenvalue weighted by Gasteiger charge is -2.18. The van der Waals surface area contributed by atoms with E-state index in [1.165, 1.54) is 0 Å². The van der Waals surface area contributed by atoms with Crippen molar-refractivity contribution < 1.29 is 9.59 Å². The number of aryl methyl sites for hydroxylation is 1. The molecule has 0 aromatic heterocycles. The molecule has 1 aliphatic rings. The largest absolute Gasteiger partial charge is 0.326 e. The second kappa shape index (κ2) is 6.95. The summed E-state index contributed by atoms with van der Waals surface area (Å²) in [7, 11) is 0. The maximum Gasteiger partial charge on any atom is 0.229 e. The lowest BCUT2D eigenvalue weighted by Crippen LogP contribution is -2.28. The van der Waals surface area contributed by atoms with Gasteiger partial charge in [0.1, 0.15) is 0 Å². The summed E-state index contributed by atoms with van der Waals surface area (Å²) in [4.78, 5) is 26.5. The van der Waals surface area contributed by atoms with Crippen LogP contribution >= 0.6 is 27.5 Å². The number of nitrogens with one attached hydrogen (secondary N) is 1. The van der Waals surface area contributed by atoms with Crippen molar-refractivity contribution in [3.05, 3.63) is 57.5 Å². The third kappa shape index (κ3) is 3.47. The van der Waals surface area contributed by atoms with E-state index in [4.69, 9.17) is 11.6 Å². The molecule has 6 heteroatoms. The van der Waals surface area contributed by atoms with Crippen molar-refractivity contribution in [2.45, 2.75) is 13.3 Å². The Kier molecular flexibility index (Phi) is 4.92. The van der Waals surface area contributed by atoms with Gasteiger partial charge in [-0.1, -0.05) is 23.7 Å². The predicted molar refractivity (Wildman–Crippen MR) is 99.4 cm³/mol. The van der Waals surface area contributed by atoms with Crippen LogP contribution in [-0.2, 0) is 9.59 Å². The Hall–Kier alpha value is -1.85. The Balaban J connectivity index is 1.73. The van der Waals surface area contributed by atoms with Crippen molar-refractivity contribution in [3.63, 3.8) is 0 Å². The number of halogens is 2. The molecule has 24 heavy (non-hydrogen) atoms. The van der Waals surface area contributed by atoms with Gasteiger partial charge in [-0.05, 0) is 58.7 Å². The predicted octanol–water partition coefficient (Wildman–Crippen LogP) is 4.40. The van der Waals surface area contributed by atoms with E-state index in [1.807, 2.05) is 31.2 Å². The molecular weight excluding hydrogens is 392 g/mol. The van der Waals surface area contributed by atoms with Crippen LogP contribution in [0.25, 0.3) is 0 Å². The van der Waals surface area contributed by atoms with Gasteiger partial charge in [0.15, 0.2) is 0 Å². The van der Waals surface area contributed by atoms with E-state index in [-0.39, 0.29) is 24.2 Å². The van der Waals surface area contributed by atoms with Gasteiger partial charge in [-0.3, -0.25) is 9.59 Å². The van der Waals surface area contributed by atoms with Gasteiger partial charge in [0.25, 0.3) is 0 Å². The number of para-hydroxylation sites is 1. The highest BCUT2D eigenvalue weighted by Crippen LogP contribution is 2.32. The Morgan fingerprint density at radius 3 is 2.75 bits per heavy atom. The summed E-state index contributed by atoms with van der Waals surface area (Å²) in [6.45, 7) is 2.26. The van der Waals surface area contributed by atoms with Crippen molar-refractivity contribution >= 4 is 50.7 Å². The molecule has 2 aromatic rings. The molecule has 1 atom stereocenters. The van der Waals surface area contributed by atoms with Crippen molar-refractivity contribution in [2.24, 2.45) is 5.92 Å². The second-order valence-electron chi connectivity index (χ2n) is 5.81. The average Bonchev–Trinajstić information content (AvgIpc) is 2.92. The quantitative estimate of drug-likeness (QED) is 0.819. The number of carbonyl (C=O) groups excluding carboxylic acids is 2. The highest BCUT2D eigenvalue weighted by molar-refractivity contribution is 9.10. The number of hydrogen-bond acceptors (Lipinski definition) is 2. The minimum Gasteiger partial charge on any atom is -0.326 e. The minimum absolute atomic E-state index is 0.0464. The Morgan fingerprint density at radius 2 is 2.04 bits per heavy atom. The van der Waals surface area contributed by atoms with Crippen LogP contribution in [0, 0.1) is 12.8 Å². The first-order chi connectivity index (χ1) is 11.5. The summed E-state index contributed by atoms with van der Waals surface area (Å²) in [6.07, 6.45) is 0.208. The van der Waals surface area contributed by atoms with E-state index < -0.39 is 0 Å². The molecule has 0 saturated carbocycles. The van der Waals surface area contributed by atoms with Gasteiger partial charge in [0.2, 0.25) is 11.8 Å². The van der Waals surface area contributed by atoms with E-state index in [9.17, 15) is 9.59 Å². The summed E-state index contributed by atoms with van der Waals surface area (Å²) in [6, 6.07) is 12.8. The molecule has 1 heterocycles. The summed E-state index contributed by atoms with van der Waals surface area (Å²) in [5.41, 5.74) is 2.40. The number of amides is 2. The van der Waals surface area contributed by atoms with Crippen LogP contribution in [-0.4, -0.2) is 18.4 Å². The van der Waals surface area contributed by atoms with Crippen molar-refractivity contribution in [3.8, 4) is 0 Å². The SMILES string of the molecule is Cc1cc(Cl)ccc1NC(=O)C1CC(=O)N(c2ccccc2Br)C1. The fourth-order valence-electron chi connectivity index (χ4n) is 2.79. The first-order valence-corrected chi connectivity index (χ1v) is 8.74. The van der Waals surface area contributed by atoms with Crippen LogP contribution in [0.1, 0.15) is 12.0 Å². The fraction of sp³-hybridized carbons (Fsp3) is 0.222. The van der Waals surface area contributed by atoms with Gasteiger partial charge in [-0.2, -0.15) is 0 Å². The molecule has 0 radical (unpaired) electrons. The van der Waals surface area contributed by atoms with Crippen LogP contribution in [0.5, 0.6) is 0 Å². The van der Waals surface area contributed by atoms with E-state index >= 15 is 0 Å². The van der Waals surface area contributed by atoms with Crippen LogP contribution in [0.3, 0.4) is 0 Å². The molecule has 2 aromatic carbocycles. The zero-order valence-corrected chi connectivity index (χ0v) is 15.4. The standard InChI is InChI=1S/C18H16BrClN2O2/c1-11-8-13(20)6-7-15(11)21-18(24)12-9-17(23)22(10-12)16-5-3-2-4-14(16)19/h2-8,12H,9-10H2,1H3,(H,21,24). The third-order valence-corrected chi connectivity index (χ3v) is 4.99. The fourth-order valence-corrected chi connectivity index (χ4v) is 3.51.